The first-order chi connectivity index (χ1) is 9.11. The van der Waals surface area contributed by atoms with Crippen molar-refractivity contribution in [3.63, 3.8) is 0 Å². The van der Waals surface area contributed by atoms with E-state index in [9.17, 15) is 4.79 Å². The number of carboxylic acid groups (broad SMARTS) is 1. The minimum Gasteiger partial charge on any atom is -0.480 e. The molecule has 0 amide bonds. The van der Waals surface area contributed by atoms with E-state index >= 15 is 0 Å². The normalized spacial score (nSPS) is 12.1. The van der Waals surface area contributed by atoms with Crippen LogP contribution in [0.2, 0.25) is 0 Å². The molecule has 0 fully saturated rings. The summed E-state index contributed by atoms with van der Waals surface area (Å²) in [4.78, 5) is 11.1. The first-order valence-electron chi connectivity index (χ1n) is 5.98. The van der Waals surface area contributed by atoms with Gasteiger partial charge in [0.05, 0.1) is 0 Å². The molecule has 1 atom stereocenters. The van der Waals surface area contributed by atoms with Crippen molar-refractivity contribution in [2.45, 2.75) is 26.3 Å². The molecule has 0 saturated carbocycles. The molecule has 19 heavy (non-hydrogen) atoms. The number of aliphatic carboxylic acids is 1. The minimum atomic E-state index is -0.870. The third-order valence-corrected chi connectivity index (χ3v) is 2.88. The number of nitrogens with zero attached hydrogens (tertiary/aromatic N) is 2. The lowest BCUT2D eigenvalue weighted by molar-refractivity contribution is -0.137. The predicted octanol–water partition coefficient (Wildman–Crippen LogP) is 2.32. The molecule has 0 spiro atoms. The monoisotopic (exact) mass is 261 g/mol. The molecule has 100 valence electrons. The number of aryl methyl sites for hydroxylation is 1. The summed E-state index contributed by atoms with van der Waals surface area (Å²) in [7, 11) is 0. The molecule has 6 nitrogen and oxygen atoms in total. The van der Waals surface area contributed by atoms with E-state index in [1.165, 1.54) is 6.39 Å². The maximum Gasteiger partial charge on any atom is 0.326 e. The molecule has 6 heteroatoms. The Bertz CT molecular complexity index is 567. The van der Waals surface area contributed by atoms with Gasteiger partial charge in [-0.2, -0.15) is 0 Å². The second-order valence-corrected chi connectivity index (χ2v) is 4.22. The van der Waals surface area contributed by atoms with Crippen LogP contribution in [0.1, 0.15) is 18.9 Å². The molecule has 0 bridgehead atoms. The van der Waals surface area contributed by atoms with E-state index in [1.54, 1.807) is 0 Å². The van der Waals surface area contributed by atoms with Crippen LogP contribution in [0.3, 0.4) is 0 Å². The minimum absolute atomic E-state index is 0.409. The van der Waals surface area contributed by atoms with Crippen molar-refractivity contribution < 1.29 is 14.3 Å². The van der Waals surface area contributed by atoms with E-state index in [0.717, 1.165) is 16.8 Å². The first-order valence-corrected chi connectivity index (χ1v) is 5.98. The van der Waals surface area contributed by atoms with Crippen molar-refractivity contribution in [2.75, 3.05) is 5.32 Å². The average Bonchev–Trinajstić information content (AvgIpc) is 2.91. The zero-order valence-electron chi connectivity index (χ0n) is 10.8. The van der Waals surface area contributed by atoms with Gasteiger partial charge in [-0.25, -0.2) is 4.79 Å². The Kier molecular flexibility index (Phi) is 3.79. The Hall–Kier alpha value is -2.37. The number of hydrogen-bond acceptors (Lipinski definition) is 5. The second kappa shape index (κ2) is 5.51. The average molecular weight is 261 g/mol. The quantitative estimate of drug-likeness (QED) is 0.858. The van der Waals surface area contributed by atoms with Crippen LogP contribution in [0.25, 0.3) is 11.5 Å². The molecule has 1 aromatic carbocycles. The zero-order chi connectivity index (χ0) is 13.8. The lowest BCUT2D eigenvalue weighted by Crippen LogP contribution is -2.28. The van der Waals surface area contributed by atoms with Gasteiger partial charge in [0.25, 0.3) is 0 Å². The van der Waals surface area contributed by atoms with Gasteiger partial charge < -0.3 is 14.8 Å². The molecular formula is C13H15N3O3. The van der Waals surface area contributed by atoms with Gasteiger partial charge in [-0.3, -0.25) is 0 Å². The number of benzene rings is 1. The largest absolute Gasteiger partial charge is 0.480 e. The van der Waals surface area contributed by atoms with Gasteiger partial charge in [-0.05, 0) is 31.0 Å². The van der Waals surface area contributed by atoms with Crippen molar-refractivity contribution in [2.24, 2.45) is 0 Å². The molecule has 2 rings (SSSR count). The summed E-state index contributed by atoms with van der Waals surface area (Å²) in [5, 5.41) is 19.5. The first kappa shape index (κ1) is 13.1. The number of carboxylic acids is 1. The Balaban J connectivity index is 2.30. The molecule has 1 aromatic heterocycles. The van der Waals surface area contributed by atoms with E-state index < -0.39 is 12.0 Å². The van der Waals surface area contributed by atoms with E-state index in [4.69, 9.17) is 9.52 Å². The number of rotatable bonds is 5. The fourth-order valence-corrected chi connectivity index (χ4v) is 1.74. The van der Waals surface area contributed by atoms with Gasteiger partial charge in [0.15, 0.2) is 0 Å². The lowest BCUT2D eigenvalue weighted by atomic mass is 10.1. The van der Waals surface area contributed by atoms with E-state index in [1.807, 2.05) is 32.0 Å². The molecule has 1 heterocycles. The maximum atomic E-state index is 11.1. The van der Waals surface area contributed by atoms with Gasteiger partial charge in [0.1, 0.15) is 6.04 Å². The Morgan fingerprint density at radius 2 is 2.32 bits per heavy atom. The van der Waals surface area contributed by atoms with Gasteiger partial charge >= 0.3 is 5.97 Å². The molecule has 0 aliphatic carbocycles. The zero-order valence-corrected chi connectivity index (χ0v) is 10.8. The number of carbonyl (C=O) groups is 1. The van der Waals surface area contributed by atoms with Crippen molar-refractivity contribution in [3.05, 3.63) is 30.2 Å². The smallest absolute Gasteiger partial charge is 0.326 e. The van der Waals surface area contributed by atoms with Crippen LogP contribution in [0.5, 0.6) is 0 Å². The highest BCUT2D eigenvalue weighted by molar-refractivity contribution is 5.78. The number of anilines is 1. The van der Waals surface area contributed by atoms with Gasteiger partial charge in [-0.1, -0.05) is 13.0 Å². The van der Waals surface area contributed by atoms with Gasteiger partial charge in [0, 0.05) is 11.3 Å². The number of hydrogen-bond donors (Lipinski definition) is 2. The standard InChI is InChI=1S/C13H15N3O3/c1-3-10(13(17)18)15-11-6-9(5-4-8(11)2)12-16-14-7-19-12/h4-7,10,15H,3H2,1-2H3,(H,17,18). The SMILES string of the molecule is CCC(Nc1cc(-c2nnco2)ccc1C)C(=O)O. The highest BCUT2D eigenvalue weighted by Crippen LogP contribution is 2.24. The fourth-order valence-electron chi connectivity index (χ4n) is 1.74. The van der Waals surface area contributed by atoms with Crippen LogP contribution in [-0.2, 0) is 4.79 Å². The third kappa shape index (κ3) is 2.90. The van der Waals surface area contributed by atoms with E-state index in [-0.39, 0.29) is 0 Å². The van der Waals surface area contributed by atoms with Crippen LogP contribution in [-0.4, -0.2) is 27.3 Å². The van der Waals surface area contributed by atoms with Crippen molar-refractivity contribution in [1.29, 1.82) is 0 Å². The molecule has 2 aromatic rings. The van der Waals surface area contributed by atoms with Gasteiger partial charge in [-0.15, -0.1) is 10.2 Å². The molecule has 1 unspecified atom stereocenters. The predicted molar refractivity (Wildman–Crippen MR) is 69.8 cm³/mol. The van der Waals surface area contributed by atoms with Crippen LogP contribution >= 0.6 is 0 Å². The summed E-state index contributed by atoms with van der Waals surface area (Å²) in [5.41, 5.74) is 2.47. The highest BCUT2D eigenvalue weighted by atomic mass is 16.4. The second-order valence-electron chi connectivity index (χ2n) is 4.22. The van der Waals surface area contributed by atoms with E-state index in [2.05, 4.69) is 15.5 Å². The summed E-state index contributed by atoms with van der Waals surface area (Å²) in [6.07, 6.45) is 1.76. The number of aromatic nitrogens is 2. The Labute approximate surface area is 110 Å². The molecular weight excluding hydrogens is 246 g/mol. The molecule has 2 N–H and O–H groups in total. The van der Waals surface area contributed by atoms with Crippen molar-refractivity contribution in [1.82, 2.24) is 10.2 Å². The van der Waals surface area contributed by atoms with Crippen LogP contribution in [0, 0.1) is 6.92 Å². The Morgan fingerprint density at radius 3 is 2.89 bits per heavy atom. The lowest BCUT2D eigenvalue weighted by Gasteiger charge is -2.16. The summed E-state index contributed by atoms with van der Waals surface area (Å²) < 4.78 is 5.13. The molecule has 0 saturated heterocycles. The topological polar surface area (TPSA) is 88.3 Å². The molecule has 0 aliphatic rings. The summed E-state index contributed by atoms with van der Waals surface area (Å²) in [5.74, 6) is -0.462. The Morgan fingerprint density at radius 1 is 1.53 bits per heavy atom. The van der Waals surface area contributed by atoms with E-state index in [0.29, 0.717) is 12.3 Å². The van der Waals surface area contributed by atoms with Crippen LogP contribution < -0.4 is 5.32 Å². The van der Waals surface area contributed by atoms with Gasteiger partial charge in [0.2, 0.25) is 12.3 Å². The summed E-state index contributed by atoms with van der Waals surface area (Å²) in [6.45, 7) is 3.73. The number of nitrogens with one attached hydrogen (secondary N) is 1. The fraction of sp³-hybridized carbons (Fsp3) is 0.308. The summed E-state index contributed by atoms with van der Waals surface area (Å²) in [6, 6.07) is 4.94. The van der Waals surface area contributed by atoms with Crippen molar-refractivity contribution in [3.8, 4) is 11.5 Å². The van der Waals surface area contributed by atoms with Crippen LogP contribution in [0.15, 0.2) is 29.0 Å². The van der Waals surface area contributed by atoms with Crippen molar-refractivity contribution >= 4 is 11.7 Å². The highest BCUT2D eigenvalue weighted by Gasteiger charge is 2.16. The van der Waals surface area contributed by atoms with Crippen LogP contribution in [0.4, 0.5) is 5.69 Å². The molecule has 0 aliphatic heterocycles. The summed E-state index contributed by atoms with van der Waals surface area (Å²) >= 11 is 0. The third-order valence-electron chi connectivity index (χ3n) is 2.88. The molecule has 0 radical (unpaired) electrons. The maximum absolute atomic E-state index is 11.1.